The lowest BCUT2D eigenvalue weighted by Gasteiger charge is -2.42. The average molecular weight is 1020 g/mol. The summed E-state index contributed by atoms with van der Waals surface area (Å²) in [5, 5.41) is 12.0. The number of allylic oxidation sites excluding steroid dienone is 6. The van der Waals surface area contributed by atoms with Crippen molar-refractivity contribution in [3.8, 4) is 0 Å². The minimum atomic E-state index is -2.79. The van der Waals surface area contributed by atoms with Crippen molar-refractivity contribution in [2.75, 3.05) is 47.8 Å². The summed E-state index contributed by atoms with van der Waals surface area (Å²) in [6, 6.07) is -1.14. The number of ketones is 3. The summed E-state index contributed by atoms with van der Waals surface area (Å²) in [6.07, 6.45) is 12.8. The van der Waals surface area contributed by atoms with Crippen LogP contribution in [0.4, 0.5) is 0 Å². The van der Waals surface area contributed by atoms with E-state index in [0.717, 1.165) is 12.0 Å². The smallest absolute Gasteiger partial charge is 0.329 e. The molecule has 1 N–H and O–H groups in total. The number of piperidine rings is 1. The van der Waals surface area contributed by atoms with Gasteiger partial charge in [-0.15, -0.1) is 0 Å². The third-order valence-corrected chi connectivity index (χ3v) is 15.9. The van der Waals surface area contributed by atoms with Crippen LogP contribution in [0.25, 0.3) is 0 Å². The van der Waals surface area contributed by atoms with Crippen LogP contribution in [-0.2, 0) is 61.5 Å². The Morgan fingerprint density at radius 2 is 1.56 bits per heavy atom. The predicted octanol–water partition coefficient (Wildman–Crippen LogP) is 8.79. The molecule has 0 aromatic carbocycles. The van der Waals surface area contributed by atoms with Crippen LogP contribution in [-0.4, -0.2) is 142 Å². The number of Topliss-reactive ketones (excluding diaryl/α,β-unsaturated/α-hetero) is 3. The van der Waals surface area contributed by atoms with E-state index in [1.165, 1.54) is 12.0 Å². The zero-order valence-electron chi connectivity index (χ0n) is 45.1. The Morgan fingerprint density at radius 3 is 2.21 bits per heavy atom. The number of cyclic esters (lactones) is 1. The fourth-order valence-corrected chi connectivity index (χ4v) is 11.8. The number of carbonyl (C=O) groups excluding carboxylic acids is 5. The molecule has 3 aliphatic heterocycles. The molecular formula is C55H88NO14P. The second-order valence-electron chi connectivity index (χ2n) is 21.4. The first-order valence-corrected chi connectivity index (χ1v) is 28.7. The van der Waals surface area contributed by atoms with Crippen molar-refractivity contribution >= 4 is 36.6 Å². The highest BCUT2D eigenvalue weighted by Crippen LogP contribution is 2.45. The van der Waals surface area contributed by atoms with Gasteiger partial charge < -0.3 is 43.0 Å². The number of hydrogen-bond donors (Lipinski definition) is 1. The maximum Gasteiger partial charge on any atom is 0.329 e. The lowest BCUT2D eigenvalue weighted by Crippen LogP contribution is -2.61. The van der Waals surface area contributed by atoms with E-state index < -0.39 is 79.2 Å². The fourth-order valence-electron chi connectivity index (χ4n) is 10.9. The van der Waals surface area contributed by atoms with E-state index >= 15 is 0 Å². The van der Waals surface area contributed by atoms with E-state index in [2.05, 4.69) is 0 Å². The van der Waals surface area contributed by atoms with Gasteiger partial charge in [-0.05, 0) is 114 Å². The molecule has 0 aromatic heterocycles. The van der Waals surface area contributed by atoms with Crippen LogP contribution in [0.15, 0.2) is 47.6 Å². The van der Waals surface area contributed by atoms with Gasteiger partial charge in [-0.25, -0.2) is 4.79 Å². The number of ether oxygens (including phenoxy) is 6. The van der Waals surface area contributed by atoms with E-state index in [4.69, 9.17) is 32.9 Å². The molecule has 2 saturated heterocycles. The minimum absolute atomic E-state index is 0.0519. The van der Waals surface area contributed by atoms with Crippen LogP contribution in [0, 0.1) is 35.5 Å². The Labute approximate surface area is 424 Å². The first-order chi connectivity index (χ1) is 33.5. The van der Waals surface area contributed by atoms with Gasteiger partial charge in [0.25, 0.3) is 11.7 Å². The summed E-state index contributed by atoms with van der Waals surface area (Å²) in [5.74, 6) is -7.58. The van der Waals surface area contributed by atoms with E-state index in [1.807, 2.05) is 71.9 Å². The molecule has 15 nitrogen and oxygen atoms in total. The number of carbonyl (C=O) groups is 5. The van der Waals surface area contributed by atoms with Crippen LogP contribution in [0.2, 0.25) is 0 Å². The third-order valence-electron chi connectivity index (χ3n) is 15.2. The van der Waals surface area contributed by atoms with Crippen LogP contribution < -0.4 is 0 Å². The molecule has 71 heavy (non-hydrogen) atoms. The summed E-state index contributed by atoms with van der Waals surface area (Å²) >= 11 is 0. The molecular weight excluding hydrogens is 930 g/mol. The molecule has 3 heterocycles. The highest BCUT2D eigenvalue weighted by molar-refractivity contribution is 7.57. The Kier molecular flexibility index (Phi) is 23.8. The van der Waals surface area contributed by atoms with Gasteiger partial charge in [-0.2, -0.15) is 0 Å². The Morgan fingerprint density at radius 1 is 0.845 bits per heavy atom. The zero-order chi connectivity index (χ0) is 52.8. The summed E-state index contributed by atoms with van der Waals surface area (Å²) in [7, 11) is 1.90. The van der Waals surface area contributed by atoms with Crippen molar-refractivity contribution in [2.45, 2.75) is 187 Å². The SMILES string of the molecule is CCO[C@@H]1/C(C)=C/[C@@H](C)C(=O)C[C@@H]([C@H](C)C[C@@H]2CC[C@@H](OP(C)(C)=O)[C@H](OC)C2)OC(=O)[C@@H]2CCCCN2C(=O)C(=O)[C@]2(O)O[C@@H](CC[C@H]2C)C[C@H](OC)/C(C)=C/C=C/C=C/[C@@H](C)C[C@@H](C)C(=O)[C@@H]1OC. The van der Waals surface area contributed by atoms with E-state index in [1.54, 1.807) is 47.5 Å². The number of aliphatic hydroxyl groups is 1. The van der Waals surface area contributed by atoms with Crippen molar-refractivity contribution in [3.05, 3.63) is 47.6 Å². The summed E-state index contributed by atoms with van der Waals surface area (Å²) in [4.78, 5) is 73.0. The lowest BCUT2D eigenvalue weighted by atomic mass is 9.78. The predicted molar refractivity (Wildman–Crippen MR) is 273 cm³/mol. The summed E-state index contributed by atoms with van der Waals surface area (Å²) in [5.41, 5.74) is 1.54. The monoisotopic (exact) mass is 1020 g/mol. The number of amides is 1. The van der Waals surface area contributed by atoms with E-state index in [9.17, 15) is 33.6 Å². The van der Waals surface area contributed by atoms with Crippen LogP contribution in [0.5, 0.6) is 0 Å². The van der Waals surface area contributed by atoms with Crippen LogP contribution in [0.1, 0.15) is 132 Å². The maximum atomic E-state index is 14.6. The molecule has 402 valence electrons. The quantitative estimate of drug-likeness (QED) is 0.0946. The van der Waals surface area contributed by atoms with Gasteiger partial charge in [0.15, 0.2) is 13.2 Å². The Bertz CT molecular complexity index is 1980. The van der Waals surface area contributed by atoms with Gasteiger partial charge in [0.05, 0.1) is 24.4 Å². The second-order valence-corrected chi connectivity index (χ2v) is 24.1. The first-order valence-electron chi connectivity index (χ1n) is 26.1. The van der Waals surface area contributed by atoms with Crippen LogP contribution >= 0.6 is 7.37 Å². The van der Waals surface area contributed by atoms with Crippen molar-refractivity contribution in [3.63, 3.8) is 0 Å². The molecule has 4 aliphatic rings. The van der Waals surface area contributed by atoms with Gasteiger partial charge >= 0.3 is 5.97 Å². The molecule has 1 saturated carbocycles. The number of methoxy groups -OCH3 is 3. The van der Waals surface area contributed by atoms with E-state index in [-0.39, 0.29) is 66.8 Å². The third kappa shape index (κ3) is 16.9. The second kappa shape index (κ2) is 28.0. The molecule has 0 radical (unpaired) electrons. The molecule has 16 heteroatoms. The molecule has 0 unspecified atom stereocenters. The van der Waals surface area contributed by atoms with Gasteiger partial charge in [0.1, 0.15) is 30.1 Å². The number of rotatable bonds is 10. The lowest BCUT2D eigenvalue weighted by molar-refractivity contribution is -0.265. The average Bonchev–Trinajstić information content (AvgIpc) is 3.32. The Hall–Kier alpha value is -3.14. The largest absolute Gasteiger partial charge is 0.460 e. The number of fused-ring (bicyclic) bond motifs is 3. The molecule has 15 atom stereocenters. The van der Waals surface area contributed by atoms with Gasteiger partial charge in [-0.1, -0.05) is 71.1 Å². The zero-order valence-corrected chi connectivity index (χ0v) is 46.0. The van der Waals surface area contributed by atoms with E-state index in [0.29, 0.717) is 70.0 Å². The fraction of sp³-hybridized carbons (Fsp3) is 0.764. The molecule has 2 bridgehead atoms. The topological polar surface area (TPSA) is 190 Å². The molecule has 4 rings (SSSR count). The van der Waals surface area contributed by atoms with Crippen molar-refractivity contribution in [1.29, 1.82) is 0 Å². The van der Waals surface area contributed by atoms with Crippen molar-refractivity contribution < 1.29 is 66.6 Å². The van der Waals surface area contributed by atoms with Gasteiger partial charge in [0, 0.05) is 78.4 Å². The molecule has 3 fully saturated rings. The van der Waals surface area contributed by atoms with Crippen molar-refractivity contribution in [2.24, 2.45) is 35.5 Å². The summed E-state index contributed by atoms with van der Waals surface area (Å²) in [6.45, 7) is 18.5. The number of esters is 1. The summed E-state index contributed by atoms with van der Waals surface area (Å²) < 4.78 is 54.9. The molecule has 1 aliphatic carbocycles. The molecule has 1 amide bonds. The highest BCUT2D eigenvalue weighted by Gasteiger charge is 2.53. The first kappa shape index (κ1) is 60.4. The van der Waals surface area contributed by atoms with Gasteiger partial charge in [-0.3, -0.25) is 23.7 Å². The number of hydrogen-bond acceptors (Lipinski definition) is 14. The number of nitrogens with zero attached hydrogens (tertiary/aromatic N) is 1. The normalized spacial score (nSPS) is 38.3. The Balaban J connectivity index is 1.73. The maximum absolute atomic E-state index is 14.6. The van der Waals surface area contributed by atoms with Gasteiger partial charge in [0.2, 0.25) is 5.79 Å². The molecule has 0 spiro atoms. The standard InChI is InChI=1S/C55H88NO14P/c1-14-67-50-39(7)29-36(4)44(57)33-47(37(5)30-41-24-26-45(48(31-41)65-10)70-71(12,13)63)68-54(61)43-22-18-19-27-56(43)53(60)52(59)55(62)40(8)23-25-42(69-55)32-46(64-9)35(3)21-17-15-16-20-34(2)28-38(6)49(58)51(50)66-11/h15-17,20-21,29,34,36-38,40-43,45-48,50-51,62H,14,18-19,22-28,30-33H2,1-13H3/b17-15+,20-16+,35-21+,39-29+/t34-,36-,37-,38-,40-,41+,42+,43+,45-,46+,47+,48-,50-,51+,55-/m1/s1. The molecule has 0 aromatic rings. The minimum Gasteiger partial charge on any atom is -0.460 e. The van der Waals surface area contributed by atoms with Crippen LogP contribution in [0.3, 0.4) is 0 Å². The highest BCUT2D eigenvalue weighted by atomic mass is 31.2. The van der Waals surface area contributed by atoms with Crippen molar-refractivity contribution in [1.82, 2.24) is 4.90 Å².